The minimum absolute atomic E-state index is 0.171. The summed E-state index contributed by atoms with van der Waals surface area (Å²) in [4.78, 5) is 17.5. The lowest BCUT2D eigenvalue weighted by atomic mass is 10.2. The highest BCUT2D eigenvalue weighted by molar-refractivity contribution is 7.16. The molecule has 1 fully saturated rings. The molecular formula is C15H19N7O2S. The van der Waals surface area contributed by atoms with Gasteiger partial charge in [0.05, 0.1) is 30.7 Å². The SMILES string of the molecule is Cc1nn2cc(CCNC(=O)c3cn(C[C@H]4CCCO4)nn3)nc2s1. The van der Waals surface area contributed by atoms with Gasteiger partial charge in [-0.25, -0.2) is 14.2 Å². The summed E-state index contributed by atoms with van der Waals surface area (Å²) in [7, 11) is 0. The van der Waals surface area contributed by atoms with Crippen molar-refractivity contribution in [2.24, 2.45) is 0 Å². The van der Waals surface area contributed by atoms with E-state index < -0.39 is 0 Å². The van der Waals surface area contributed by atoms with Gasteiger partial charge in [0.2, 0.25) is 4.96 Å². The number of hydrogen-bond donors (Lipinski definition) is 1. The topological polar surface area (TPSA) is 99.2 Å². The Labute approximate surface area is 148 Å². The van der Waals surface area contributed by atoms with Crippen LogP contribution in [0.2, 0.25) is 0 Å². The van der Waals surface area contributed by atoms with E-state index in [1.54, 1.807) is 26.7 Å². The van der Waals surface area contributed by atoms with Gasteiger partial charge >= 0.3 is 0 Å². The monoisotopic (exact) mass is 361 g/mol. The van der Waals surface area contributed by atoms with Crippen molar-refractivity contribution in [2.75, 3.05) is 13.2 Å². The number of ether oxygens (including phenoxy) is 1. The molecule has 1 aliphatic rings. The maximum atomic E-state index is 12.2. The number of fused-ring (bicyclic) bond motifs is 1. The molecule has 0 aliphatic carbocycles. The van der Waals surface area contributed by atoms with Gasteiger partial charge in [0.1, 0.15) is 5.01 Å². The van der Waals surface area contributed by atoms with Crippen molar-refractivity contribution in [3.05, 3.63) is 28.8 Å². The number of hydrogen-bond acceptors (Lipinski definition) is 7. The lowest BCUT2D eigenvalue weighted by Crippen LogP contribution is -2.26. The largest absolute Gasteiger partial charge is 0.376 e. The van der Waals surface area contributed by atoms with E-state index >= 15 is 0 Å². The summed E-state index contributed by atoms with van der Waals surface area (Å²) >= 11 is 1.55. The Bertz CT molecular complexity index is 846. The van der Waals surface area contributed by atoms with Crippen LogP contribution in [0.3, 0.4) is 0 Å². The van der Waals surface area contributed by atoms with E-state index in [-0.39, 0.29) is 12.0 Å². The summed E-state index contributed by atoms with van der Waals surface area (Å²) in [6, 6.07) is 0. The minimum atomic E-state index is -0.228. The van der Waals surface area contributed by atoms with Gasteiger partial charge in [-0.15, -0.1) is 5.10 Å². The molecule has 9 nitrogen and oxygen atoms in total. The highest BCUT2D eigenvalue weighted by Gasteiger charge is 2.18. The molecule has 0 aromatic carbocycles. The second-order valence-electron chi connectivity index (χ2n) is 6.05. The van der Waals surface area contributed by atoms with Crippen LogP contribution in [0.5, 0.6) is 0 Å². The van der Waals surface area contributed by atoms with Crippen LogP contribution in [0, 0.1) is 6.92 Å². The summed E-state index contributed by atoms with van der Waals surface area (Å²) in [5.74, 6) is -0.228. The van der Waals surface area contributed by atoms with E-state index in [0.29, 0.717) is 25.2 Å². The third-order valence-corrected chi connectivity index (χ3v) is 4.88. The predicted molar refractivity (Wildman–Crippen MR) is 90.6 cm³/mol. The lowest BCUT2D eigenvalue weighted by Gasteiger charge is -2.07. The number of rotatable bonds is 6. The Morgan fingerprint density at radius 2 is 2.40 bits per heavy atom. The molecule has 0 unspecified atom stereocenters. The summed E-state index contributed by atoms with van der Waals surface area (Å²) in [6.07, 6.45) is 6.47. The maximum absolute atomic E-state index is 12.2. The van der Waals surface area contributed by atoms with Gasteiger partial charge in [-0.1, -0.05) is 16.6 Å². The Balaban J connectivity index is 1.28. The molecular weight excluding hydrogens is 342 g/mol. The molecule has 10 heteroatoms. The highest BCUT2D eigenvalue weighted by atomic mass is 32.1. The molecule has 4 rings (SSSR count). The molecule has 0 radical (unpaired) electrons. The average molecular weight is 361 g/mol. The normalized spacial score (nSPS) is 17.4. The van der Waals surface area contributed by atoms with Gasteiger partial charge in [0.15, 0.2) is 5.69 Å². The van der Waals surface area contributed by atoms with Gasteiger partial charge in [-0.2, -0.15) is 5.10 Å². The summed E-state index contributed by atoms with van der Waals surface area (Å²) < 4.78 is 9.00. The predicted octanol–water partition coefficient (Wildman–Crippen LogP) is 0.842. The molecule has 132 valence electrons. The fourth-order valence-corrected chi connectivity index (χ4v) is 3.59. The fraction of sp³-hybridized carbons (Fsp3) is 0.533. The van der Waals surface area contributed by atoms with Crippen molar-refractivity contribution in [3.63, 3.8) is 0 Å². The van der Waals surface area contributed by atoms with E-state index in [1.165, 1.54) is 0 Å². The van der Waals surface area contributed by atoms with E-state index in [0.717, 1.165) is 35.1 Å². The van der Waals surface area contributed by atoms with Crippen LogP contribution < -0.4 is 5.32 Å². The zero-order valence-electron chi connectivity index (χ0n) is 13.9. The average Bonchev–Trinajstić information content (AvgIpc) is 3.32. The summed E-state index contributed by atoms with van der Waals surface area (Å²) in [5, 5.41) is 16.1. The molecule has 1 N–H and O–H groups in total. The number of amides is 1. The van der Waals surface area contributed by atoms with Gasteiger partial charge < -0.3 is 10.1 Å². The molecule has 0 bridgehead atoms. The first-order valence-corrected chi connectivity index (χ1v) is 9.10. The Kier molecular flexibility index (Phi) is 4.45. The smallest absolute Gasteiger partial charge is 0.273 e. The third kappa shape index (κ3) is 3.69. The van der Waals surface area contributed by atoms with Crippen molar-refractivity contribution >= 4 is 22.2 Å². The molecule has 1 atom stereocenters. The van der Waals surface area contributed by atoms with E-state index in [1.807, 2.05) is 13.1 Å². The zero-order valence-corrected chi connectivity index (χ0v) is 14.7. The van der Waals surface area contributed by atoms with Gasteiger partial charge in [-0.05, 0) is 19.8 Å². The molecule has 1 amide bonds. The minimum Gasteiger partial charge on any atom is -0.376 e. The Hall–Kier alpha value is -2.33. The number of carbonyl (C=O) groups is 1. The van der Waals surface area contributed by atoms with E-state index in [4.69, 9.17) is 4.74 Å². The molecule has 25 heavy (non-hydrogen) atoms. The van der Waals surface area contributed by atoms with E-state index in [9.17, 15) is 4.79 Å². The van der Waals surface area contributed by atoms with Crippen LogP contribution in [0.25, 0.3) is 4.96 Å². The standard InChI is InChI=1S/C15H19N7O2S/c1-10-19-22-7-11(17-15(22)25-10)4-5-16-14(23)13-9-21(20-18-13)8-12-3-2-6-24-12/h7,9,12H,2-6,8H2,1H3,(H,16,23)/t12-/m1/s1. The van der Waals surface area contributed by atoms with Gasteiger partial charge in [0, 0.05) is 19.6 Å². The second kappa shape index (κ2) is 6.89. The quantitative estimate of drug-likeness (QED) is 0.698. The van der Waals surface area contributed by atoms with Crippen molar-refractivity contribution in [1.29, 1.82) is 0 Å². The number of nitrogens with zero attached hydrogens (tertiary/aromatic N) is 6. The molecule has 1 aliphatic heterocycles. The van der Waals surface area contributed by atoms with Gasteiger partial charge in [0.25, 0.3) is 5.91 Å². The van der Waals surface area contributed by atoms with Gasteiger partial charge in [-0.3, -0.25) is 4.79 Å². The van der Waals surface area contributed by atoms with Crippen LogP contribution in [0.15, 0.2) is 12.4 Å². The first kappa shape index (κ1) is 16.2. The molecule has 0 saturated carbocycles. The van der Waals surface area contributed by atoms with E-state index in [2.05, 4.69) is 25.7 Å². The summed E-state index contributed by atoms with van der Waals surface area (Å²) in [6.45, 7) is 3.87. The molecule has 4 heterocycles. The molecule has 3 aromatic heterocycles. The zero-order chi connectivity index (χ0) is 17.2. The fourth-order valence-electron chi connectivity index (χ4n) is 2.85. The number of aryl methyl sites for hydroxylation is 1. The second-order valence-corrected chi connectivity index (χ2v) is 7.21. The van der Waals surface area contributed by atoms with Crippen molar-refractivity contribution in [1.82, 2.24) is 34.9 Å². The lowest BCUT2D eigenvalue weighted by molar-refractivity contribution is 0.0930. The van der Waals surface area contributed by atoms with Crippen molar-refractivity contribution < 1.29 is 9.53 Å². The van der Waals surface area contributed by atoms with Crippen LogP contribution in [0.4, 0.5) is 0 Å². The first-order chi connectivity index (χ1) is 12.2. The molecule has 1 saturated heterocycles. The maximum Gasteiger partial charge on any atom is 0.273 e. The van der Waals surface area contributed by atoms with Crippen LogP contribution in [-0.4, -0.2) is 54.8 Å². The number of nitrogens with one attached hydrogen (secondary N) is 1. The van der Waals surface area contributed by atoms with Crippen molar-refractivity contribution in [2.45, 2.75) is 38.8 Å². The third-order valence-electron chi connectivity index (χ3n) is 4.05. The van der Waals surface area contributed by atoms with Crippen molar-refractivity contribution in [3.8, 4) is 0 Å². The van der Waals surface area contributed by atoms with Crippen LogP contribution in [0.1, 0.15) is 34.0 Å². The Morgan fingerprint density at radius 3 is 3.20 bits per heavy atom. The number of carbonyl (C=O) groups excluding carboxylic acids is 1. The van der Waals surface area contributed by atoms with Crippen LogP contribution in [-0.2, 0) is 17.7 Å². The number of imidazole rings is 1. The summed E-state index contributed by atoms with van der Waals surface area (Å²) in [5.41, 5.74) is 1.22. The highest BCUT2D eigenvalue weighted by Crippen LogP contribution is 2.14. The molecule has 3 aromatic rings. The molecule has 0 spiro atoms. The Morgan fingerprint density at radius 1 is 1.48 bits per heavy atom. The number of aromatic nitrogens is 6. The van der Waals surface area contributed by atoms with Crippen LogP contribution >= 0.6 is 11.3 Å². The first-order valence-electron chi connectivity index (χ1n) is 8.29.